The predicted octanol–water partition coefficient (Wildman–Crippen LogP) is 5.50. The molecule has 38 heavy (non-hydrogen) atoms. The Kier molecular flexibility index (Phi) is 8.71. The molecule has 0 atom stereocenters. The van der Waals surface area contributed by atoms with E-state index in [9.17, 15) is 9.59 Å². The maximum Gasteiger partial charge on any atom is 0.254 e. The number of likely N-dealkylation sites (N-methyl/N-ethyl adjacent to an activating group) is 2. The number of alkyl halides is 1. The Hall–Kier alpha value is -3.40. The van der Waals surface area contributed by atoms with Crippen LogP contribution >= 0.6 is 22.6 Å². The molecule has 4 rings (SSSR count). The van der Waals surface area contributed by atoms with Gasteiger partial charge in [0.15, 0.2) is 0 Å². The number of halogens is 1. The molecule has 0 fully saturated rings. The molecule has 0 saturated heterocycles. The van der Waals surface area contributed by atoms with Crippen LogP contribution in [0.1, 0.15) is 24.2 Å². The minimum atomic E-state index is -0.116. The lowest BCUT2D eigenvalue weighted by molar-refractivity contribution is -0.126. The summed E-state index contributed by atoms with van der Waals surface area (Å²) in [5, 5.41) is 9.43. The van der Waals surface area contributed by atoms with Crippen LogP contribution in [-0.4, -0.2) is 66.3 Å². The van der Waals surface area contributed by atoms with Crippen molar-refractivity contribution in [1.29, 1.82) is 5.41 Å². The zero-order valence-electron chi connectivity index (χ0n) is 22.3. The number of nitrogens with zero attached hydrogens (tertiary/aromatic N) is 3. The summed E-state index contributed by atoms with van der Waals surface area (Å²) < 4.78 is 6.74. The van der Waals surface area contributed by atoms with Crippen molar-refractivity contribution >= 4 is 51.1 Å². The normalized spacial score (nSPS) is 11.1. The third-order valence-electron chi connectivity index (χ3n) is 6.92. The van der Waals surface area contributed by atoms with Crippen LogP contribution in [-0.2, 0) is 4.79 Å². The molecule has 2 aromatic carbocycles. The lowest BCUT2D eigenvalue weighted by Gasteiger charge is -2.24. The Bertz CT molecular complexity index is 1490. The molecule has 1 aliphatic carbocycles. The van der Waals surface area contributed by atoms with Crippen molar-refractivity contribution in [2.45, 2.75) is 13.8 Å². The van der Waals surface area contributed by atoms with Gasteiger partial charge in [-0.15, -0.1) is 0 Å². The van der Waals surface area contributed by atoms with E-state index < -0.39 is 0 Å². The van der Waals surface area contributed by atoms with E-state index in [0.29, 0.717) is 39.8 Å². The standard InChI is InChI=1S/C30H33IN4O3/c1-5-35(6-2)21-12-14-25-27(18-21)38-26-17-20(32)11-13-24(26)29(25)22-9-7-8-10-23(22)30(37)34(4)16-15-33(3)28(36)19-31/h7-14,17-18,32H,5-6,15-16,19H2,1-4H3. The van der Waals surface area contributed by atoms with Crippen LogP contribution in [0.15, 0.2) is 65.1 Å². The average molecular weight is 625 g/mol. The maximum atomic E-state index is 13.7. The quantitative estimate of drug-likeness (QED) is 0.152. The van der Waals surface area contributed by atoms with Crippen LogP contribution in [0.5, 0.6) is 0 Å². The fourth-order valence-corrected chi connectivity index (χ4v) is 5.26. The molecule has 0 aromatic heterocycles. The summed E-state index contributed by atoms with van der Waals surface area (Å²) in [6, 6.07) is 19.2. The minimum absolute atomic E-state index is 0.0377. The van der Waals surface area contributed by atoms with E-state index in [4.69, 9.17) is 9.83 Å². The van der Waals surface area contributed by atoms with Gasteiger partial charge in [-0.3, -0.25) is 9.59 Å². The molecule has 7 nitrogen and oxygen atoms in total. The molecule has 0 bridgehead atoms. The van der Waals surface area contributed by atoms with Gasteiger partial charge in [-0.25, -0.2) is 0 Å². The van der Waals surface area contributed by atoms with Crippen molar-refractivity contribution in [2.75, 3.05) is 49.6 Å². The van der Waals surface area contributed by atoms with Gasteiger partial charge in [-0.2, -0.15) is 0 Å². The number of amides is 2. The first-order valence-electron chi connectivity index (χ1n) is 12.7. The monoisotopic (exact) mass is 624 g/mol. The van der Waals surface area contributed by atoms with E-state index >= 15 is 0 Å². The van der Waals surface area contributed by atoms with E-state index in [0.717, 1.165) is 40.9 Å². The van der Waals surface area contributed by atoms with Crippen molar-refractivity contribution in [2.24, 2.45) is 0 Å². The molecule has 0 unspecified atom stereocenters. The largest absolute Gasteiger partial charge is 0.456 e. The van der Waals surface area contributed by atoms with E-state index in [2.05, 4.69) is 53.5 Å². The van der Waals surface area contributed by atoms with Gasteiger partial charge < -0.3 is 24.5 Å². The first-order chi connectivity index (χ1) is 18.3. The van der Waals surface area contributed by atoms with Gasteiger partial charge in [0.2, 0.25) is 5.91 Å². The molecular weight excluding hydrogens is 591 g/mol. The molecule has 2 aliphatic rings. The van der Waals surface area contributed by atoms with E-state index in [1.54, 1.807) is 36.0 Å². The summed E-state index contributed by atoms with van der Waals surface area (Å²) >= 11 is 2.05. The summed E-state index contributed by atoms with van der Waals surface area (Å²) in [5.74, 6) is 0.525. The Labute approximate surface area is 237 Å². The lowest BCUT2D eigenvalue weighted by atomic mass is 9.90. The summed E-state index contributed by atoms with van der Waals surface area (Å²) in [6.45, 7) is 6.88. The molecule has 0 saturated carbocycles. The first kappa shape index (κ1) is 27.6. The summed E-state index contributed by atoms with van der Waals surface area (Å²) in [6.07, 6.45) is 0. The second kappa shape index (κ2) is 12.0. The average Bonchev–Trinajstić information content (AvgIpc) is 2.94. The number of anilines is 1. The maximum absolute atomic E-state index is 13.7. The van der Waals surface area contributed by atoms with Gasteiger partial charge in [0.05, 0.1) is 9.78 Å². The fraction of sp³-hybridized carbons (Fsp3) is 0.300. The van der Waals surface area contributed by atoms with Crippen molar-refractivity contribution in [3.8, 4) is 22.5 Å². The molecule has 198 valence electrons. The Morgan fingerprint density at radius 3 is 2.32 bits per heavy atom. The summed E-state index contributed by atoms with van der Waals surface area (Å²) in [4.78, 5) is 31.2. The summed E-state index contributed by atoms with van der Waals surface area (Å²) in [7, 11) is 3.52. The second-order valence-corrected chi connectivity index (χ2v) is 10.0. The number of rotatable bonds is 9. The van der Waals surface area contributed by atoms with E-state index in [1.807, 2.05) is 36.4 Å². The van der Waals surface area contributed by atoms with Crippen LogP contribution in [0.2, 0.25) is 0 Å². The van der Waals surface area contributed by atoms with Gasteiger partial charge in [-0.1, -0.05) is 40.8 Å². The molecule has 8 heteroatoms. The number of carbonyl (C=O) groups is 2. The zero-order chi connectivity index (χ0) is 27.4. The van der Waals surface area contributed by atoms with Gasteiger partial charge in [0.25, 0.3) is 5.91 Å². The highest BCUT2D eigenvalue weighted by Crippen LogP contribution is 2.42. The Morgan fingerprint density at radius 2 is 1.61 bits per heavy atom. The van der Waals surface area contributed by atoms with Gasteiger partial charge >= 0.3 is 0 Å². The smallest absolute Gasteiger partial charge is 0.254 e. The van der Waals surface area contributed by atoms with Crippen molar-refractivity contribution in [3.05, 3.63) is 71.6 Å². The number of fused-ring (bicyclic) bond motifs is 2. The Morgan fingerprint density at radius 1 is 0.895 bits per heavy atom. The van der Waals surface area contributed by atoms with Crippen LogP contribution < -0.4 is 10.3 Å². The molecule has 1 aliphatic heterocycles. The predicted molar refractivity (Wildman–Crippen MR) is 161 cm³/mol. The van der Waals surface area contributed by atoms with Crippen molar-refractivity contribution in [3.63, 3.8) is 0 Å². The van der Waals surface area contributed by atoms with Crippen LogP contribution in [0.4, 0.5) is 5.69 Å². The molecule has 2 amide bonds. The zero-order valence-corrected chi connectivity index (χ0v) is 24.4. The summed E-state index contributed by atoms with van der Waals surface area (Å²) in [5.41, 5.74) is 4.90. The lowest BCUT2D eigenvalue weighted by Crippen LogP contribution is -2.37. The third-order valence-corrected chi connectivity index (χ3v) is 7.57. The second-order valence-electron chi connectivity index (χ2n) is 9.26. The molecule has 0 radical (unpaired) electrons. The highest BCUT2D eigenvalue weighted by Gasteiger charge is 2.23. The van der Waals surface area contributed by atoms with E-state index in [1.165, 1.54) is 0 Å². The van der Waals surface area contributed by atoms with Gasteiger partial charge in [0.1, 0.15) is 11.3 Å². The van der Waals surface area contributed by atoms with Gasteiger partial charge in [0, 0.05) is 80.2 Å². The van der Waals surface area contributed by atoms with Crippen molar-refractivity contribution in [1.82, 2.24) is 9.80 Å². The van der Waals surface area contributed by atoms with Crippen LogP contribution in [0.3, 0.4) is 0 Å². The molecule has 0 spiro atoms. The van der Waals surface area contributed by atoms with Crippen LogP contribution in [0.25, 0.3) is 33.4 Å². The molecule has 1 N–H and O–H groups in total. The SMILES string of the molecule is CCN(CC)c1ccc2c(-c3ccccc3C(=O)N(C)CCN(C)C(=O)CI)c3ccc(=N)cc-3oc2c1. The topological polar surface area (TPSA) is 80.9 Å². The van der Waals surface area contributed by atoms with Gasteiger partial charge in [-0.05, 0) is 49.7 Å². The number of hydrogen-bond donors (Lipinski definition) is 1. The number of carbonyl (C=O) groups excluding carboxylic acids is 2. The van der Waals surface area contributed by atoms with E-state index in [-0.39, 0.29) is 11.8 Å². The fourth-order valence-electron chi connectivity index (χ4n) is 4.68. The van der Waals surface area contributed by atoms with Crippen molar-refractivity contribution < 1.29 is 14.0 Å². The Balaban J connectivity index is 1.85. The first-order valence-corrected chi connectivity index (χ1v) is 14.3. The third kappa shape index (κ3) is 5.55. The number of hydrogen-bond acceptors (Lipinski definition) is 5. The molecule has 1 heterocycles. The highest BCUT2D eigenvalue weighted by molar-refractivity contribution is 14.1. The van der Waals surface area contributed by atoms with Crippen LogP contribution in [0, 0.1) is 5.41 Å². The number of benzene rings is 3. The number of nitrogens with one attached hydrogen (secondary N) is 1. The minimum Gasteiger partial charge on any atom is -0.456 e. The highest BCUT2D eigenvalue weighted by atomic mass is 127. The molecule has 2 aromatic rings. The molecular formula is C30H33IN4O3.